The number of nitrogens with zero attached hydrogens (tertiary/aromatic N) is 2. The minimum atomic E-state index is 0.539. The van der Waals surface area contributed by atoms with Gasteiger partial charge < -0.3 is 4.74 Å². The van der Waals surface area contributed by atoms with Gasteiger partial charge in [-0.15, -0.1) is 0 Å². The van der Waals surface area contributed by atoms with Crippen molar-refractivity contribution >= 4 is 21.8 Å². The van der Waals surface area contributed by atoms with Gasteiger partial charge in [-0.05, 0) is 91.5 Å². The Balaban J connectivity index is 1.55. The lowest BCUT2D eigenvalue weighted by molar-refractivity contribution is -0.634. The number of aryl methyl sites for hydroxylation is 3. The molecule has 2 heterocycles. The highest BCUT2D eigenvalue weighted by Gasteiger charge is 2.36. The van der Waals surface area contributed by atoms with Crippen molar-refractivity contribution in [1.29, 1.82) is 0 Å². The summed E-state index contributed by atoms with van der Waals surface area (Å²) < 4.78 is 8.92. The number of ether oxygens (including phenoxy) is 1. The van der Waals surface area contributed by atoms with E-state index < -0.39 is 0 Å². The van der Waals surface area contributed by atoms with Crippen LogP contribution in [0.25, 0.3) is 33.1 Å². The Morgan fingerprint density at radius 1 is 1.03 bits per heavy atom. The van der Waals surface area contributed by atoms with E-state index in [1.807, 2.05) is 0 Å². The van der Waals surface area contributed by atoms with Crippen LogP contribution in [0.3, 0.4) is 0 Å². The Bertz CT molecular complexity index is 1490. The molecule has 0 saturated heterocycles. The van der Waals surface area contributed by atoms with Gasteiger partial charge in [-0.25, -0.2) is 4.98 Å². The van der Waals surface area contributed by atoms with Crippen molar-refractivity contribution in [3.8, 4) is 22.9 Å². The van der Waals surface area contributed by atoms with Crippen LogP contribution in [0, 0.1) is 26.2 Å². The Hall–Kier alpha value is -2.94. The molecule has 0 N–H and O–H groups in total. The van der Waals surface area contributed by atoms with Gasteiger partial charge in [0.1, 0.15) is 18.3 Å². The normalized spacial score (nSPS) is 17.0. The van der Waals surface area contributed by atoms with E-state index in [4.69, 9.17) is 9.72 Å². The smallest absolute Gasteiger partial charge is 0.294 e. The first-order valence-corrected chi connectivity index (χ1v) is 13.4. The third kappa shape index (κ3) is 3.31. The number of benzene rings is 3. The van der Waals surface area contributed by atoms with Crippen LogP contribution in [-0.4, -0.2) is 4.98 Å². The minimum absolute atomic E-state index is 0.539. The first kappa shape index (κ1) is 22.5. The van der Waals surface area contributed by atoms with Gasteiger partial charge in [-0.2, -0.15) is 4.57 Å². The maximum atomic E-state index is 6.59. The van der Waals surface area contributed by atoms with Crippen LogP contribution >= 0.6 is 0 Å². The van der Waals surface area contributed by atoms with Crippen LogP contribution in [0.2, 0.25) is 0 Å². The first-order valence-electron chi connectivity index (χ1n) is 13.4. The van der Waals surface area contributed by atoms with E-state index in [1.54, 1.807) is 0 Å². The van der Waals surface area contributed by atoms with E-state index in [0.717, 1.165) is 22.8 Å². The molecule has 0 atom stereocenters. The maximum Gasteiger partial charge on any atom is 0.294 e. The van der Waals surface area contributed by atoms with Crippen molar-refractivity contribution in [2.75, 3.05) is 0 Å². The molecule has 1 aliphatic carbocycles. The summed E-state index contributed by atoms with van der Waals surface area (Å²) in [5.74, 6) is 2.25. The van der Waals surface area contributed by atoms with E-state index in [-0.39, 0.29) is 0 Å². The lowest BCUT2D eigenvalue weighted by atomic mass is 9.66. The summed E-state index contributed by atoms with van der Waals surface area (Å²) in [7, 11) is 2.18. The Morgan fingerprint density at radius 3 is 2.49 bits per heavy atom. The van der Waals surface area contributed by atoms with Gasteiger partial charge in [-0.3, -0.25) is 0 Å². The third-order valence-corrected chi connectivity index (χ3v) is 9.45. The van der Waals surface area contributed by atoms with Gasteiger partial charge in [0.05, 0.1) is 5.56 Å². The van der Waals surface area contributed by atoms with Crippen LogP contribution in [0.15, 0.2) is 36.4 Å². The predicted molar refractivity (Wildman–Crippen MR) is 144 cm³/mol. The molecule has 3 nitrogen and oxygen atoms in total. The fourth-order valence-electron chi connectivity index (χ4n) is 6.90. The molecule has 2 aliphatic rings. The van der Waals surface area contributed by atoms with E-state index in [2.05, 4.69) is 82.6 Å². The van der Waals surface area contributed by atoms with Crippen LogP contribution in [0.1, 0.15) is 80.5 Å². The van der Waals surface area contributed by atoms with E-state index in [0.29, 0.717) is 11.3 Å². The average Bonchev–Trinajstić information content (AvgIpc) is 2.86. The zero-order valence-corrected chi connectivity index (χ0v) is 22.1. The average molecular weight is 466 g/mol. The molecule has 1 aliphatic heterocycles. The number of rotatable bonds is 3. The zero-order valence-electron chi connectivity index (χ0n) is 22.1. The lowest BCUT2D eigenvalue weighted by Crippen LogP contribution is -2.35. The van der Waals surface area contributed by atoms with Crippen LogP contribution in [0.4, 0.5) is 0 Å². The molecule has 0 amide bonds. The summed E-state index contributed by atoms with van der Waals surface area (Å²) in [5, 5.41) is 2.46. The lowest BCUT2D eigenvalue weighted by Gasteiger charge is -2.39. The van der Waals surface area contributed by atoms with Gasteiger partial charge in [0, 0.05) is 11.5 Å². The highest BCUT2D eigenvalue weighted by Crippen LogP contribution is 2.50. The quantitative estimate of drug-likeness (QED) is 0.250. The summed E-state index contributed by atoms with van der Waals surface area (Å²) in [6.45, 7) is 11.3. The highest BCUT2D eigenvalue weighted by atomic mass is 16.5. The number of hydrogen-bond acceptors (Lipinski definition) is 2. The summed E-state index contributed by atoms with van der Waals surface area (Å²) >= 11 is 0. The Kier molecular flexibility index (Phi) is 5.18. The van der Waals surface area contributed by atoms with Gasteiger partial charge >= 0.3 is 0 Å². The van der Waals surface area contributed by atoms with Crippen molar-refractivity contribution in [1.82, 2.24) is 4.98 Å². The largest absolute Gasteiger partial charge is 0.433 e. The molecular formula is C32H37N2O+. The molecule has 3 aromatic carbocycles. The summed E-state index contributed by atoms with van der Waals surface area (Å²) in [6.07, 6.45) is 7.74. The molecule has 35 heavy (non-hydrogen) atoms. The standard InChI is InChI=1S/C32H37N2O/c1-7-32(8-2)14-12-22(13-15-32)24-10-9-11-25-29(24)33-31-30(34(25)6)27-21(5)20(4)18-23-16-19(3)17-26(35-31)28(23)27/h9-11,16-18,22H,7-8,12-15H2,1-6H3/q+1. The monoisotopic (exact) mass is 465 g/mol. The van der Waals surface area contributed by atoms with Gasteiger partial charge in [-0.1, -0.05) is 51.0 Å². The molecule has 1 aromatic heterocycles. The molecule has 1 fully saturated rings. The Morgan fingerprint density at radius 2 is 1.77 bits per heavy atom. The van der Waals surface area contributed by atoms with Gasteiger partial charge in [0.15, 0.2) is 0 Å². The molecule has 0 radical (unpaired) electrons. The molecule has 0 unspecified atom stereocenters. The van der Waals surface area contributed by atoms with Gasteiger partial charge in [0.2, 0.25) is 5.52 Å². The van der Waals surface area contributed by atoms with Crippen molar-refractivity contribution in [3.05, 3.63) is 58.7 Å². The summed E-state index contributed by atoms with van der Waals surface area (Å²) in [5.41, 5.74) is 10.4. The fourth-order valence-corrected chi connectivity index (χ4v) is 6.90. The second-order valence-corrected chi connectivity index (χ2v) is 11.2. The van der Waals surface area contributed by atoms with Crippen LogP contribution in [-0.2, 0) is 7.05 Å². The maximum absolute atomic E-state index is 6.59. The molecule has 4 aromatic rings. The molecule has 180 valence electrons. The number of fused-ring (bicyclic) bond motifs is 3. The number of aromatic nitrogens is 2. The molecular weight excluding hydrogens is 428 g/mol. The molecule has 6 rings (SSSR count). The topological polar surface area (TPSA) is 26.0 Å². The third-order valence-electron chi connectivity index (χ3n) is 9.45. The van der Waals surface area contributed by atoms with E-state index in [1.165, 1.54) is 82.6 Å². The minimum Gasteiger partial charge on any atom is -0.433 e. The molecule has 3 heteroatoms. The molecule has 1 saturated carbocycles. The number of para-hydroxylation sites is 1. The van der Waals surface area contributed by atoms with Crippen molar-refractivity contribution in [2.45, 2.75) is 79.1 Å². The second kappa shape index (κ2) is 8.05. The van der Waals surface area contributed by atoms with Crippen molar-refractivity contribution in [3.63, 3.8) is 0 Å². The summed E-state index contributed by atoms with van der Waals surface area (Å²) in [6, 6.07) is 13.5. The zero-order chi connectivity index (χ0) is 24.5. The van der Waals surface area contributed by atoms with Crippen molar-refractivity contribution in [2.24, 2.45) is 12.5 Å². The predicted octanol–water partition coefficient (Wildman–Crippen LogP) is 8.37. The van der Waals surface area contributed by atoms with E-state index >= 15 is 0 Å². The first-order chi connectivity index (χ1) is 16.9. The second-order valence-electron chi connectivity index (χ2n) is 11.2. The molecule has 0 bridgehead atoms. The van der Waals surface area contributed by atoms with Crippen LogP contribution in [0.5, 0.6) is 11.6 Å². The highest BCUT2D eigenvalue weighted by molar-refractivity contribution is 6.05. The molecule has 0 spiro atoms. The fraction of sp³-hybridized carbons (Fsp3) is 0.438. The SMILES string of the molecule is CCC1(CC)CCC(c2cccc3c2nc2c([n+]3C)-c3c(C)c(C)cc4cc(C)cc(c34)O2)CC1. The Labute approximate surface area is 209 Å². The van der Waals surface area contributed by atoms with Crippen LogP contribution < -0.4 is 9.30 Å². The number of hydrogen-bond donors (Lipinski definition) is 0. The van der Waals surface area contributed by atoms with Gasteiger partial charge in [0.25, 0.3) is 11.6 Å². The van der Waals surface area contributed by atoms with E-state index in [9.17, 15) is 0 Å². The van der Waals surface area contributed by atoms with Crippen molar-refractivity contribution < 1.29 is 9.30 Å². The summed E-state index contributed by atoms with van der Waals surface area (Å²) in [4.78, 5) is 5.27.